The molecule has 8 heteroatoms. The zero-order chi connectivity index (χ0) is 20.6. The van der Waals surface area contributed by atoms with Gasteiger partial charge < -0.3 is 24.4 Å². The van der Waals surface area contributed by atoms with Crippen LogP contribution >= 0.6 is 0 Å². The SMILES string of the molecule is CCOC(=O)N1CCC(NC(=O)COC(=O)COc2ccc3c(c2)CCC3)CC1. The van der Waals surface area contributed by atoms with Gasteiger partial charge in [-0.15, -0.1) is 0 Å². The lowest BCUT2D eigenvalue weighted by Crippen LogP contribution is -2.47. The first-order valence-electron chi connectivity index (χ1n) is 10.2. The van der Waals surface area contributed by atoms with E-state index in [1.165, 1.54) is 11.1 Å². The molecule has 158 valence electrons. The molecule has 1 saturated heterocycles. The zero-order valence-corrected chi connectivity index (χ0v) is 16.8. The molecule has 1 N–H and O–H groups in total. The molecular formula is C21H28N2O6. The Morgan fingerprint density at radius 3 is 2.59 bits per heavy atom. The number of nitrogens with zero attached hydrogens (tertiary/aromatic N) is 1. The van der Waals surface area contributed by atoms with E-state index in [0.717, 1.165) is 19.3 Å². The first kappa shape index (κ1) is 21.0. The number of carbonyl (C=O) groups excluding carboxylic acids is 3. The summed E-state index contributed by atoms with van der Waals surface area (Å²) >= 11 is 0. The fraction of sp³-hybridized carbons (Fsp3) is 0.571. The van der Waals surface area contributed by atoms with E-state index in [-0.39, 0.29) is 31.3 Å². The molecule has 3 rings (SSSR count). The molecular weight excluding hydrogens is 376 g/mol. The van der Waals surface area contributed by atoms with Gasteiger partial charge in [-0.2, -0.15) is 0 Å². The highest BCUT2D eigenvalue weighted by molar-refractivity contribution is 5.81. The van der Waals surface area contributed by atoms with Gasteiger partial charge >= 0.3 is 12.1 Å². The van der Waals surface area contributed by atoms with Crippen LogP contribution in [-0.4, -0.2) is 61.8 Å². The van der Waals surface area contributed by atoms with Crippen LogP contribution in [0.15, 0.2) is 18.2 Å². The summed E-state index contributed by atoms with van der Waals surface area (Å²) in [5.74, 6) is -0.302. The number of rotatable bonds is 7. The number of nitrogens with one attached hydrogen (secondary N) is 1. The Morgan fingerprint density at radius 1 is 1.07 bits per heavy atom. The number of hydrogen-bond acceptors (Lipinski definition) is 6. The van der Waals surface area contributed by atoms with E-state index >= 15 is 0 Å². The molecule has 2 amide bonds. The number of benzene rings is 1. The molecule has 8 nitrogen and oxygen atoms in total. The normalized spacial score (nSPS) is 16.1. The van der Waals surface area contributed by atoms with Gasteiger partial charge in [-0.05, 0) is 62.3 Å². The lowest BCUT2D eigenvalue weighted by Gasteiger charge is -2.31. The summed E-state index contributed by atoms with van der Waals surface area (Å²) < 4.78 is 15.4. The quantitative estimate of drug-likeness (QED) is 0.697. The Hall–Kier alpha value is -2.77. The summed E-state index contributed by atoms with van der Waals surface area (Å²) in [4.78, 5) is 37.1. The average Bonchev–Trinajstić information content (AvgIpc) is 3.19. The fourth-order valence-corrected chi connectivity index (χ4v) is 3.66. The smallest absolute Gasteiger partial charge is 0.409 e. The number of fused-ring (bicyclic) bond motifs is 1. The van der Waals surface area contributed by atoms with Gasteiger partial charge in [-0.3, -0.25) is 4.79 Å². The molecule has 1 heterocycles. The van der Waals surface area contributed by atoms with Crippen LogP contribution in [0.25, 0.3) is 0 Å². The van der Waals surface area contributed by atoms with Crippen molar-refractivity contribution in [3.63, 3.8) is 0 Å². The van der Waals surface area contributed by atoms with Gasteiger partial charge in [0, 0.05) is 19.1 Å². The minimum atomic E-state index is -0.585. The summed E-state index contributed by atoms with van der Waals surface area (Å²) in [5.41, 5.74) is 2.61. The van der Waals surface area contributed by atoms with Crippen LogP contribution in [0.5, 0.6) is 5.75 Å². The highest BCUT2D eigenvalue weighted by atomic mass is 16.6. The molecule has 0 atom stereocenters. The average molecular weight is 404 g/mol. The third-order valence-corrected chi connectivity index (χ3v) is 5.18. The maximum Gasteiger partial charge on any atom is 0.409 e. The Kier molecular flexibility index (Phi) is 7.32. The molecule has 1 aliphatic carbocycles. The van der Waals surface area contributed by atoms with Crippen molar-refractivity contribution in [2.75, 3.05) is 32.9 Å². The maximum absolute atomic E-state index is 12.0. The van der Waals surface area contributed by atoms with E-state index in [4.69, 9.17) is 14.2 Å². The van der Waals surface area contributed by atoms with Crippen molar-refractivity contribution >= 4 is 18.0 Å². The van der Waals surface area contributed by atoms with E-state index in [1.807, 2.05) is 18.2 Å². The number of esters is 1. The van der Waals surface area contributed by atoms with Crippen LogP contribution in [0.3, 0.4) is 0 Å². The topological polar surface area (TPSA) is 94.2 Å². The number of ether oxygens (including phenoxy) is 3. The van der Waals surface area contributed by atoms with Gasteiger partial charge in [-0.1, -0.05) is 6.07 Å². The molecule has 0 saturated carbocycles. The van der Waals surface area contributed by atoms with Crippen molar-refractivity contribution in [2.45, 2.75) is 45.1 Å². The van der Waals surface area contributed by atoms with Crippen LogP contribution in [0.2, 0.25) is 0 Å². The number of carbonyl (C=O) groups is 3. The molecule has 1 aromatic carbocycles. The minimum absolute atomic E-state index is 0.0467. The number of hydrogen-bond donors (Lipinski definition) is 1. The van der Waals surface area contributed by atoms with Crippen molar-refractivity contribution in [3.8, 4) is 5.75 Å². The van der Waals surface area contributed by atoms with Crippen molar-refractivity contribution in [3.05, 3.63) is 29.3 Å². The van der Waals surface area contributed by atoms with Gasteiger partial charge in [0.15, 0.2) is 13.2 Å². The molecule has 29 heavy (non-hydrogen) atoms. The highest BCUT2D eigenvalue weighted by Crippen LogP contribution is 2.25. The first-order valence-corrected chi connectivity index (χ1v) is 10.2. The van der Waals surface area contributed by atoms with Crippen LogP contribution in [0.4, 0.5) is 4.79 Å². The van der Waals surface area contributed by atoms with Gasteiger partial charge in [0.05, 0.1) is 6.61 Å². The number of amides is 2. The Bertz CT molecular complexity index is 743. The maximum atomic E-state index is 12.0. The molecule has 0 aromatic heterocycles. The molecule has 1 fully saturated rings. The van der Waals surface area contributed by atoms with E-state index in [2.05, 4.69) is 5.32 Å². The fourth-order valence-electron chi connectivity index (χ4n) is 3.66. The summed E-state index contributed by atoms with van der Waals surface area (Å²) in [6.07, 6.45) is 4.23. The van der Waals surface area contributed by atoms with Crippen molar-refractivity contribution in [2.24, 2.45) is 0 Å². The van der Waals surface area contributed by atoms with Crippen LogP contribution < -0.4 is 10.1 Å². The molecule has 0 spiro atoms. The molecule has 2 aliphatic rings. The third-order valence-electron chi connectivity index (χ3n) is 5.18. The second kappa shape index (κ2) is 10.1. The predicted octanol–water partition coefficient (Wildman–Crippen LogP) is 1.83. The standard InChI is InChI=1S/C21H28N2O6/c1-2-27-21(26)23-10-8-17(9-11-23)22-19(24)13-29-20(25)14-28-18-7-6-15-4-3-5-16(15)12-18/h6-7,12,17H,2-5,8-11,13-14H2,1H3,(H,22,24). The Labute approximate surface area is 170 Å². The Morgan fingerprint density at radius 2 is 1.83 bits per heavy atom. The van der Waals surface area contributed by atoms with E-state index < -0.39 is 5.97 Å². The van der Waals surface area contributed by atoms with Gasteiger partial charge in [0.1, 0.15) is 5.75 Å². The van der Waals surface area contributed by atoms with Crippen molar-refractivity contribution in [1.82, 2.24) is 10.2 Å². The minimum Gasteiger partial charge on any atom is -0.482 e. The van der Waals surface area contributed by atoms with Gasteiger partial charge in [0.2, 0.25) is 0 Å². The largest absolute Gasteiger partial charge is 0.482 e. The predicted molar refractivity (Wildman–Crippen MR) is 105 cm³/mol. The molecule has 0 radical (unpaired) electrons. The van der Waals surface area contributed by atoms with Crippen molar-refractivity contribution < 1.29 is 28.6 Å². The molecule has 0 bridgehead atoms. The van der Waals surface area contributed by atoms with Crippen molar-refractivity contribution in [1.29, 1.82) is 0 Å². The first-order chi connectivity index (χ1) is 14.0. The summed E-state index contributed by atoms with van der Waals surface area (Å²) in [6.45, 7) is 2.59. The second-order valence-corrected chi connectivity index (χ2v) is 7.26. The van der Waals surface area contributed by atoms with E-state index in [9.17, 15) is 14.4 Å². The van der Waals surface area contributed by atoms with Crippen LogP contribution in [0, 0.1) is 0 Å². The van der Waals surface area contributed by atoms with Crippen LogP contribution in [0.1, 0.15) is 37.3 Å². The van der Waals surface area contributed by atoms with E-state index in [1.54, 1.807) is 11.8 Å². The number of aryl methyl sites for hydroxylation is 2. The lowest BCUT2D eigenvalue weighted by molar-refractivity contribution is -0.150. The molecule has 1 aliphatic heterocycles. The Balaban J connectivity index is 1.31. The summed E-state index contributed by atoms with van der Waals surface area (Å²) in [7, 11) is 0. The number of likely N-dealkylation sites (tertiary alicyclic amines) is 1. The zero-order valence-electron chi connectivity index (χ0n) is 16.8. The van der Waals surface area contributed by atoms with Crippen LogP contribution in [-0.2, 0) is 31.9 Å². The molecule has 1 aromatic rings. The third kappa shape index (κ3) is 6.10. The number of piperidine rings is 1. The monoisotopic (exact) mass is 404 g/mol. The second-order valence-electron chi connectivity index (χ2n) is 7.26. The summed E-state index contributed by atoms with van der Waals surface area (Å²) in [6, 6.07) is 5.80. The molecule has 0 unspecified atom stereocenters. The van der Waals surface area contributed by atoms with E-state index in [0.29, 0.717) is 38.3 Å². The van der Waals surface area contributed by atoms with Gasteiger partial charge in [-0.25, -0.2) is 9.59 Å². The van der Waals surface area contributed by atoms with Gasteiger partial charge in [0.25, 0.3) is 5.91 Å². The lowest BCUT2D eigenvalue weighted by atomic mass is 10.1. The highest BCUT2D eigenvalue weighted by Gasteiger charge is 2.24. The summed E-state index contributed by atoms with van der Waals surface area (Å²) in [5, 5.41) is 2.83.